The normalized spacial score (nSPS) is 16.9. The number of ether oxygens (including phenoxy) is 1. The third-order valence-corrected chi connectivity index (χ3v) is 3.83. The van der Waals surface area contributed by atoms with Crippen molar-refractivity contribution in [2.45, 2.75) is 6.92 Å². The highest BCUT2D eigenvalue weighted by molar-refractivity contribution is 8.15. The Morgan fingerprint density at radius 2 is 2.05 bits per heavy atom. The van der Waals surface area contributed by atoms with E-state index < -0.39 is 5.97 Å². The van der Waals surface area contributed by atoms with E-state index in [1.54, 1.807) is 25.1 Å². The maximum Gasteiger partial charge on any atom is 0.344 e. The second-order valence-corrected chi connectivity index (χ2v) is 5.71. The number of hydrogen-bond donors (Lipinski definition) is 1. The minimum absolute atomic E-state index is 0.0275. The number of esters is 1. The Balaban J connectivity index is 2.36. The standard InChI is InChI=1S/C13H11Cl2NO3S/c1-2-19-13(18)11-10(17)6-20-12(11)16-9-4-7(14)3-8(15)5-9/h3-5,17H,2,6H2,1H3. The number of benzene rings is 1. The molecule has 0 atom stereocenters. The lowest BCUT2D eigenvalue weighted by atomic mass is 10.2. The average molecular weight is 332 g/mol. The van der Waals surface area contributed by atoms with E-state index in [0.717, 1.165) is 0 Å². The Bertz CT molecular complexity index is 593. The van der Waals surface area contributed by atoms with Gasteiger partial charge in [0.05, 0.1) is 18.0 Å². The Hall–Kier alpha value is -1.17. The van der Waals surface area contributed by atoms with Gasteiger partial charge in [-0.05, 0) is 25.1 Å². The van der Waals surface area contributed by atoms with Gasteiger partial charge >= 0.3 is 5.97 Å². The van der Waals surface area contributed by atoms with Gasteiger partial charge in [0.1, 0.15) is 16.4 Å². The highest BCUT2D eigenvalue weighted by Crippen LogP contribution is 2.32. The van der Waals surface area contributed by atoms with E-state index in [9.17, 15) is 9.90 Å². The lowest BCUT2D eigenvalue weighted by Crippen LogP contribution is -2.12. The van der Waals surface area contributed by atoms with Crippen LogP contribution in [0.4, 0.5) is 5.69 Å². The Morgan fingerprint density at radius 1 is 1.40 bits per heavy atom. The highest BCUT2D eigenvalue weighted by atomic mass is 35.5. The molecule has 7 heteroatoms. The van der Waals surface area contributed by atoms with Gasteiger partial charge in [0.25, 0.3) is 0 Å². The maximum atomic E-state index is 11.8. The lowest BCUT2D eigenvalue weighted by molar-refractivity contribution is -0.138. The molecule has 1 heterocycles. The fraction of sp³-hybridized carbons (Fsp3) is 0.231. The van der Waals surface area contributed by atoms with E-state index in [1.807, 2.05) is 0 Å². The first kappa shape index (κ1) is 15.2. The zero-order valence-corrected chi connectivity index (χ0v) is 12.8. The summed E-state index contributed by atoms with van der Waals surface area (Å²) in [7, 11) is 0. The van der Waals surface area contributed by atoms with Crippen molar-refractivity contribution in [2.75, 3.05) is 12.4 Å². The number of aliphatic imine (C=N–C) groups is 1. The summed E-state index contributed by atoms with van der Waals surface area (Å²) in [6, 6.07) is 4.84. The molecule has 0 aliphatic carbocycles. The van der Waals surface area contributed by atoms with Crippen molar-refractivity contribution in [1.29, 1.82) is 0 Å². The fourth-order valence-corrected chi connectivity index (χ4v) is 3.07. The monoisotopic (exact) mass is 331 g/mol. The first-order valence-corrected chi connectivity index (χ1v) is 7.52. The zero-order valence-electron chi connectivity index (χ0n) is 10.5. The molecule has 1 aliphatic heterocycles. The summed E-state index contributed by atoms with van der Waals surface area (Å²) in [5, 5.41) is 11.1. The van der Waals surface area contributed by atoms with Gasteiger partial charge in [-0.25, -0.2) is 9.79 Å². The molecule has 0 unspecified atom stereocenters. The van der Waals surface area contributed by atoms with Crippen LogP contribution in [-0.2, 0) is 9.53 Å². The van der Waals surface area contributed by atoms with Crippen molar-refractivity contribution in [3.8, 4) is 0 Å². The number of rotatable bonds is 3. The van der Waals surface area contributed by atoms with Gasteiger partial charge in [-0.2, -0.15) is 0 Å². The van der Waals surface area contributed by atoms with Gasteiger partial charge < -0.3 is 9.84 Å². The first-order valence-electron chi connectivity index (χ1n) is 5.78. The summed E-state index contributed by atoms with van der Waals surface area (Å²) in [4.78, 5) is 16.1. The minimum Gasteiger partial charge on any atom is -0.510 e. The fourth-order valence-electron chi connectivity index (χ4n) is 1.62. The van der Waals surface area contributed by atoms with Crippen LogP contribution in [0.25, 0.3) is 0 Å². The molecule has 0 spiro atoms. The van der Waals surface area contributed by atoms with Crippen molar-refractivity contribution in [3.05, 3.63) is 39.6 Å². The summed E-state index contributed by atoms with van der Waals surface area (Å²) in [5.41, 5.74) is 0.620. The van der Waals surface area contributed by atoms with Crippen LogP contribution < -0.4 is 0 Å². The average Bonchev–Trinajstić information content (AvgIpc) is 2.69. The van der Waals surface area contributed by atoms with E-state index in [1.165, 1.54) is 11.8 Å². The van der Waals surface area contributed by atoms with Gasteiger partial charge in [0.2, 0.25) is 0 Å². The third kappa shape index (κ3) is 3.48. The zero-order chi connectivity index (χ0) is 14.7. The van der Waals surface area contributed by atoms with Crippen LogP contribution in [0.15, 0.2) is 34.5 Å². The number of thioether (sulfide) groups is 1. The number of nitrogens with zero attached hydrogens (tertiary/aromatic N) is 1. The number of carbonyl (C=O) groups excluding carboxylic acids is 1. The molecule has 0 radical (unpaired) electrons. The topological polar surface area (TPSA) is 58.9 Å². The van der Waals surface area contributed by atoms with Gasteiger partial charge in [-0.1, -0.05) is 35.0 Å². The number of aliphatic hydroxyl groups is 1. The lowest BCUT2D eigenvalue weighted by Gasteiger charge is -2.04. The molecule has 0 bridgehead atoms. The van der Waals surface area contributed by atoms with Crippen molar-refractivity contribution in [2.24, 2.45) is 4.99 Å². The summed E-state index contributed by atoms with van der Waals surface area (Å²) < 4.78 is 4.91. The molecule has 4 nitrogen and oxygen atoms in total. The molecule has 20 heavy (non-hydrogen) atoms. The van der Waals surface area contributed by atoms with Gasteiger partial charge in [0, 0.05) is 10.0 Å². The molecule has 0 saturated carbocycles. The quantitative estimate of drug-likeness (QED) is 0.845. The Kier molecular flexibility index (Phi) is 4.96. The molecule has 0 amide bonds. The second kappa shape index (κ2) is 6.52. The van der Waals surface area contributed by atoms with Gasteiger partial charge in [-0.15, -0.1) is 0 Å². The van der Waals surface area contributed by atoms with E-state index >= 15 is 0 Å². The first-order chi connectivity index (χ1) is 9.51. The van der Waals surface area contributed by atoms with Crippen molar-refractivity contribution < 1.29 is 14.6 Å². The molecular formula is C13H11Cl2NO3S. The van der Waals surface area contributed by atoms with E-state index in [4.69, 9.17) is 27.9 Å². The molecular weight excluding hydrogens is 321 g/mol. The molecule has 2 rings (SSSR count). The van der Waals surface area contributed by atoms with Gasteiger partial charge in [-0.3, -0.25) is 0 Å². The number of carbonyl (C=O) groups is 1. The largest absolute Gasteiger partial charge is 0.510 e. The highest BCUT2D eigenvalue weighted by Gasteiger charge is 2.29. The summed E-state index contributed by atoms with van der Waals surface area (Å²) in [5.74, 6) is -0.316. The predicted octanol–water partition coefficient (Wildman–Crippen LogP) is 4.15. The van der Waals surface area contributed by atoms with E-state index in [2.05, 4.69) is 4.99 Å². The van der Waals surface area contributed by atoms with Gasteiger partial charge in [0.15, 0.2) is 0 Å². The second-order valence-electron chi connectivity index (χ2n) is 3.88. The number of halogens is 2. The molecule has 1 aromatic rings. The van der Waals surface area contributed by atoms with Crippen LogP contribution in [0, 0.1) is 0 Å². The van der Waals surface area contributed by atoms with Crippen LogP contribution in [0.1, 0.15) is 6.92 Å². The van der Waals surface area contributed by atoms with Crippen LogP contribution in [0.3, 0.4) is 0 Å². The third-order valence-electron chi connectivity index (χ3n) is 2.41. The number of hydrogen-bond acceptors (Lipinski definition) is 5. The van der Waals surface area contributed by atoms with Crippen LogP contribution >= 0.6 is 35.0 Å². The summed E-state index contributed by atoms with van der Waals surface area (Å²) in [6.07, 6.45) is 0. The predicted molar refractivity (Wildman–Crippen MR) is 82.3 cm³/mol. The van der Waals surface area contributed by atoms with E-state index in [-0.39, 0.29) is 17.9 Å². The van der Waals surface area contributed by atoms with Crippen molar-refractivity contribution in [3.63, 3.8) is 0 Å². The summed E-state index contributed by atoms with van der Waals surface area (Å²) in [6.45, 7) is 1.93. The molecule has 1 aliphatic rings. The Morgan fingerprint density at radius 3 is 2.65 bits per heavy atom. The summed E-state index contributed by atoms with van der Waals surface area (Å²) >= 11 is 13.1. The van der Waals surface area contributed by atoms with E-state index in [0.29, 0.717) is 26.5 Å². The van der Waals surface area contributed by atoms with Crippen molar-refractivity contribution in [1.82, 2.24) is 0 Å². The molecule has 0 aromatic heterocycles. The smallest absolute Gasteiger partial charge is 0.344 e. The maximum absolute atomic E-state index is 11.8. The van der Waals surface area contributed by atoms with Crippen molar-refractivity contribution >= 4 is 51.7 Å². The Labute approximate surface area is 130 Å². The van der Waals surface area contributed by atoms with Crippen LogP contribution in [0.5, 0.6) is 0 Å². The van der Waals surface area contributed by atoms with Crippen LogP contribution in [-0.4, -0.2) is 28.5 Å². The molecule has 0 fully saturated rings. The number of aliphatic hydroxyl groups excluding tert-OH is 1. The minimum atomic E-state index is -0.582. The molecule has 1 aromatic carbocycles. The SMILES string of the molecule is CCOC(=O)C1=C(O)CSC1=Nc1cc(Cl)cc(Cl)c1. The molecule has 106 valence electrons. The molecule has 0 saturated heterocycles. The van der Waals surface area contributed by atoms with Crippen LogP contribution in [0.2, 0.25) is 10.0 Å². The molecule has 1 N–H and O–H groups in total.